The highest BCUT2D eigenvalue weighted by Gasteiger charge is 2.23. The van der Waals surface area contributed by atoms with E-state index in [4.69, 9.17) is 0 Å². The van der Waals surface area contributed by atoms with Crippen LogP contribution in [-0.4, -0.2) is 12.5 Å². The number of benzene rings is 1. The van der Waals surface area contributed by atoms with Crippen LogP contribution in [0.2, 0.25) is 0 Å². The fourth-order valence-electron chi connectivity index (χ4n) is 2.41. The zero-order valence-corrected chi connectivity index (χ0v) is 11.7. The second-order valence-electron chi connectivity index (χ2n) is 4.33. The maximum absolute atomic E-state index is 11.2. The molecule has 2 N–H and O–H groups in total. The molecule has 0 radical (unpaired) electrons. The Kier molecular flexibility index (Phi) is 3.84. The number of fused-ring (bicyclic) bond motifs is 1. The van der Waals surface area contributed by atoms with Crippen LogP contribution >= 0.6 is 15.9 Å². The van der Waals surface area contributed by atoms with Gasteiger partial charge in [-0.05, 0) is 42.6 Å². The molecule has 0 spiro atoms. The first-order valence-corrected chi connectivity index (χ1v) is 6.75. The highest BCUT2D eigenvalue weighted by molar-refractivity contribution is 9.10. The molecule has 1 aromatic carbocycles. The molecule has 0 aromatic heterocycles. The Morgan fingerprint density at radius 3 is 3.00 bits per heavy atom. The number of carbonyl (C=O) groups excluding carboxylic acids is 1. The second-order valence-corrected chi connectivity index (χ2v) is 5.19. The number of halogens is 1. The van der Waals surface area contributed by atoms with Gasteiger partial charge in [0, 0.05) is 23.1 Å². The maximum atomic E-state index is 11.2. The molecule has 4 heteroatoms. The van der Waals surface area contributed by atoms with Gasteiger partial charge in [-0.3, -0.25) is 4.79 Å². The van der Waals surface area contributed by atoms with Crippen LogP contribution in [0.4, 0.5) is 5.69 Å². The Hall–Kier alpha value is -0.870. The molecule has 0 saturated heterocycles. The van der Waals surface area contributed by atoms with E-state index in [0.29, 0.717) is 6.04 Å². The molecular formula is C13H17BrN2O. The first-order chi connectivity index (χ1) is 8.13. The van der Waals surface area contributed by atoms with Crippen molar-refractivity contribution in [1.82, 2.24) is 5.32 Å². The summed E-state index contributed by atoms with van der Waals surface area (Å²) in [7, 11) is 0. The Morgan fingerprint density at radius 1 is 1.59 bits per heavy atom. The quantitative estimate of drug-likeness (QED) is 0.881. The van der Waals surface area contributed by atoms with Crippen LogP contribution in [0.25, 0.3) is 0 Å². The number of carbonyl (C=O) groups is 1. The third-order valence-corrected chi connectivity index (χ3v) is 3.88. The monoisotopic (exact) mass is 296 g/mol. The van der Waals surface area contributed by atoms with Gasteiger partial charge in [0.2, 0.25) is 5.91 Å². The first kappa shape index (κ1) is 12.6. The summed E-state index contributed by atoms with van der Waals surface area (Å²) in [6.45, 7) is 4.70. The van der Waals surface area contributed by atoms with Crippen LogP contribution in [0, 0.1) is 0 Å². The number of hydrogen-bond donors (Lipinski definition) is 2. The van der Waals surface area contributed by atoms with Crippen LogP contribution in [0.5, 0.6) is 0 Å². The predicted octanol–water partition coefficient (Wildman–Crippen LogP) is 3.00. The molecule has 3 nitrogen and oxygen atoms in total. The minimum Gasteiger partial charge on any atom is -0.326 e. The van der Waals surface area contributed by atoms with Gasteiger partial charge in [-0.1, -0.05) is 22.9 Å². The van der Waals surface area contributed by atoms with Crippen LogP contribution in [0.15, 0.2) is 16.6 Å². The summed E-state index contributed by atoms with van der Waals surface area (Å²) in [4.78, 5) is 11.2. The Labute approximate surface area is 110 Å². The summed E-state index contributed by atoms with van der Waals surface area (Å²) in [5.41, 5.74) is 3.50. The van der Waals surface area contributed by atoms with Crippen molar-refractivity contribution in [3.63, 3.8) is 0 Å². The lowest BCUT2D eigenvalue weighted by molar-refractivity contribution is -0.114. The highest BCUT2D eigenvalue weighted by atomic mass is 79.9. The lowest BCUT2D eigenvalue weighted by Gasteiger charge is -2.29. The zero-order chi connectivity index (χ0) is 12.4. The van der Waals surface area contributed by atoms with Gasteiger partial charge in [0.15, 0.2) is 0 Å². The number of anilines is 1. The SMILES string of the molecule is CCC1NCCc2c(Br)ccc(NC(C)=O)c21. The molecule has 1 aromatic rings. The van der Waals surface area contributed by atoms with Crippen LogP contribution in [0.3, 0.4) is 0 Å². The van der Waals surface area contributed by atoms with E-state index in [-0.39, 0.29) is 5.91 Å². The average molecular weight is 297 g/mol. The van der Waals surface area contributed by atoms with Crippen LogP contribution in [0.1, 0.15) is 37.4 Å². The number of rotatable bonds is 2. The lowest BCUT2D eigenvalue weighted by atomic mass is 9.91. The molecule has 92 valence electrons. The van der Waals surface area contributed by atoms with E-state index in [2.05, 4.69) is 33.5 Å². The summed E-state index contributed by atoms with van der Waals surface area (Å²) in [6.07, 6.45) is 2.02. The molecular weight excluding hydrogens is 280 g/mol. The van der Waals surface area contributed by atoms with Gasteiger partial charge in [0.05, 0.1) is 0 Å². The molecule has 0 saturated carbocycles. The Balaban J connectivity index is 2.50. The van der Waals surface area contributed by atoms with E-state index in [9.17, 15) is 4.79 Å². The van der Waals surface area contributed by atoms with Gasteiger partial charge in [-0.25, -0.2) is 0 Å². The van der Waals surface area contributed by atoms with Crippen molar-refractivity contribution in [3.8, 4) is 0 Å². The molecule has 1 unspecified atom stereocenters. The van der Waals surface area contributed by atoms with Crippen molar-refractivity contribution in [2.24, 2.45) is 0 Å². The summed E-state index contributed by atoms with van der Waals surface area (Å²) >= 11 is 3.60. The summed E-state index contributed by atoms with van der Waals surface area (Å²) < 4.78 is 1.14. The third-order valence-electron chi connectivity index (χ3n) is 3.13. The molecule has 1 aliphatic heterocycles. The van der Waals surface area contributed by atoms with Crippen molar-refractivity contribution in [1.29, 1.82) is 0 Å². The Morgan fingerprint density at radius 2 is 2.35 bits per heavy atom. The fourth-order valence-corrected chi connectivity index (χ4v) is 2.95. The van der Waals surface area contributed by atoms with Crippen LogP contribution < -0.4 is 10.6 Å². The van der Waals surface area contributed by atoms with Gasteiger partial charge in [0.25, 0.3) is 0 Å². The Bertz CT molecular complexity index is 445. The van der Waals surface area contributed by atoms with Gasteiger partial charge in [0.1, 0.15) is 0 Å². The van der Waals surface area contributed by atoms with Gasteiger partial charge in [-0.15, -0.1) is 0 Å². The van der Waals surface area contributed by atoms with Crippen molar-refractivity contribution in [3.05, 3.63) is 27.7 Å². The van der Waals surface area contributed by atoms with Crippen molar-refractivity contribution < 1.29 is 4.79 Å². The smallest absolute Gasteiger partial charge is 0.221 e. The van der Waals surface area contributed by atoms with Crippen LogP contribution in [-0.2, 0) is 11.2 Å². The largest absolute Gasteiger partial charge is 0.326 e. The standard InChI is InChI=1S/C13H17BrN2O/c1-3-11-13-9(6-7-15-11)10(14)4-5-12(13)16-8(2)17/h4-5,11,15H,3,6-7H2,1-2H3,(H,16,17). The molecule has 1 heterocycles. The number of nitrogens with one attached hydrogen (secondary N) is 2. The summed E-state index contributed by atoms with van der Waals surface area (Å²) in [5.74, 6) is -0.0186. The summed E-state index contributed by atoms with van der Waals surface area (Å²) in [5, 5.41) is 6.42. The molecule has 1 atom stereocenters. The number of amides is 1. The molecule has 1 amide bonds. The molecule has 2 rings (SSSR count). The van der Waals surface area contributed by atoms with Crippen molar-refractivity contribution in [2.45, 2.75) is 32.7 Å². The van der Waals surface area contributed by atoms with Gasteiger partial charge in [-0.2, -0.15) is 0 Å². The first-order valence-electron chi connectivity index (χ1n) is 5.95. The molecule has 17 heavy (non-hydrogen) atoms. The second kappa shape index (κ2) is 5.19. The van der Waals surface area contributed by atoms with E-state index in [0.717, 1.165) is 29.5 Å². The minimum atomic E-state index is -0.0186. The highest BCUT2D eigenvalue weighted by Crippen LogP contribution is 2.36. The van der Waals surface area contributed by atoms with E-state index >= 15 is 0 Å². The van der Waals surface area contributed by atoms with Gasteiger partial charge >= 0.3 is 0 Å². The van der Waals surface area contributed by atoms with E-state index in [1.54, 1.807) is 6.92 Å². The molecule has 0 fully saturated rings. The van der Waals surface area contributed by atoms with Crippen molar-refractivity contribution in [2.75, 3.05) is 11.9 Å². The topological polar surface area (TPSA) is 41.1 Å². The molecule has 0 aliphatic carbocycles. The fraction of sp³-hybridized carbons (Fsp3) is 0.462. The maximum Gasteiger partial charge on any atom is 0.221 e. The van der Waals surface area contributed by atoms with E-state index < -0.39 is 0 Å². The lowest BCUT2D eigenvalue weighted by Crippen LogP contribution is -2.30. The zero-order valence-electron chi connectivity index (χ0n) is 10.1. The van der Waals surface area contributed by atoms with E-state index in [1.165, 1.54) is 11.1 Å². The summed E-state index contributed by atoms with van der Waals surface area (Å²) in [6, 6.07) is 4.32. The number of hydrogen-bond acceptors (Lipinski definition) is 2. The van der Waals surface area contributed by atoms with Gasteiger partial charge < -0.3 is 10.6 Å². The normalized spacial score (nSPS) is 18.6. The third kappa shape index (κ3) is 2.53. The van der Waals surface area contributed by atoms with Crippen molar-refractivity contribution >= 4 is 27.5 Å². The molecule has 0 bridgehead atoms. The average Bonchev–Trinajstić information content (AvgIpc) is 2.31. The van der Waals surface area contributed by atoms with E-state index in [1.807, 2.05) is 12.1 Å². The predicted molar refractivity (Wildman–Crippen MR) is 73.2 cm³/mol. The minimum absolute atomic E-state index is 0.0186. The molecule has 1 aliphatic rings.